The Morgan fingerprint density at radius 3 is 2.44 bits per heavy atom. The van der Waals surface area contributed by atoms with Gasteiger partial charge in [-0.25, -0.2) is 4.98 Å². The van der Waals surface area contributed by atoms with Crippen molar-refractivity contribution >= 4 is 28.7 Å². The number of piperidine rings is 1. The van der Waals surface area contributed by atoms with Crippen molar-refractivity contribution in [3.63, 3.8) is 0 Å². The van der Waals surface area contributed by atoms with Gasteiger partial charge in [-0.15, -0.1) is 0 Å². The van der Waals surface area contributed by atoms with Gasteiger partial charge in [0, 0.05) is 35.3 Å². The third-order valence-electron chi connectivity index (χ3n) is 8.13. The molecule has 3 aromatic carbocycles. The Balaban J connectivity index is 1.29. The van der Waals surface area contributed by atoms with Crippen molar-refractivity contribution in [2.24, 2.45) is 0 Å². The third kappa shape index (κ3) is 5.84. The first-order valence-electron chi connectivity index (χ1n) is 14.9. The summed E-state index contributed by atoms with van der Waals surface area (Å²) in [4.78, 5) is 8.36. The summed E-state index contributed by atoms with van der Waals surface area (Å²) < 4.78 is 14.0. The Labute approximate surface area is 256 Å². The number of ether oxygens (including phenoxy) is 2. The first kappa shape index (κ1) is 27.5. The maximum atomic E-state index is 10.0. The summed E-state index contributed by atoms with van der Waals surface area (Å²) in [6.07, 6.45) is 3.88. The number of hydrogen-bond donors (Lipinski definition) is 1. The number of nitrogens with one attached hydrogen (secondary N) is 1. The second-order valence-electron chi connectivity index (χ2n) is 10.9. The largest absolute Gasteiger partial charge is 0.489 e. The molecule has 0 atom stereocenters. The Morgan fingerprint density at radius 1 is 0.907 bits per heavy atom. The molecule has 2 aliphatic rings. The fourth-order valence-electron chi connectivity index (χ4n) is 5.85. The van der Waals surface area contributed by atoms with E-state index in [1.165, 1.54) is 5.69 Å². The van der Waals surface area contributed by atoms with Gasteiger partial charge in [-0.2, -0.15) is 5.26 Å². The van der Waals surface area contributed by atoms with Gasteiger partial charge in [-0.1, -0.05) is 36.4 Å². The second kappa shape index (κ2) is 12.5. The van der Waals surface area contributed by atoms with Crippen LogP contribution in [0.3, 0.4) is 0 Å². The number of nitriles is 1. The van der Waals surface area contributed by atoms with Gasteiger partial charge in [-0.05, 0) is 103 Å². The van der Waals surface area contributed by atoms with E-state index in [9.17, 15) is 5.26 Å². The molecule has 0 aliphatic carbocycles. The molecule has 0 radical (unpaired) electrons. The highest BCUT2D eigenvalue weighted by atomic mass is 32.2. The highest BCUT2D eigenvalue weighted by Crippen LogP contribution is 2.39. The molecule has 0 saturated carbocycles. The summed E-state index contributed by atoms with van der Waals surface area (Å²) >= 11 is 1.66. The molecule has 2 aliphatic heterocycles. The summed E-state index contributed by atoms with van der Waals surface area (Å²) in [6.45, 7) is 5.21. The zero-order chi connectivity index (χ0) is 29.0. The van der Waals surface area contributed by atoms with E-state index < -0.39 is 0 Å². The molecular formula is C35H33N5O2S. The highest BCUT2D eigenvalue weighted by Gasteiger charge is 2.20. The number of aromatic nitrogens is 2. The van der Waals surface area contributed by atoms with E-state index in [4.69, 9.17) is 14.5 Å². The zero-order valence-corrected chi connectivity index (χ0v) is 24.7. The van der Waals surface area contributed by atoms with Gasteiger partial charge in [0.05, 0.1) is 24.5 Å². The van der Waals surface area contributed by atoms with Crippen molar-refractivity contribution in [3.8, 4) is 34.2 Å². The SMILES string of the molecule is N#Cc1cc(-c2ccnc3c2cc(-c2ccc(N4CCOCC4)cc2)n3Sc2ccccc2)ccc1OC1CCNCC1. The second-order valence-corrected chi connectivity index (χ2v) is 11.9. The number of nitrogens with zero attached hydrogens (tertiary/aromatic N) is 4. The van der Waals surface area contributed by atoms with Gasteiger partial charge in [0.25, 0.3) is 0 Å². The predicted octanol–water partition coefficient (Wildman–Crippen LogP) is 6.76. The van der Waals surface area contributed by atoms with Crippen LogP contribution in [0.5, 0.6) is 5.75 Å². The molecule has 8 heteroatoms. The summed E-state index contributed by atoms with van der Waals surface area (Å²) in [7, 11) is 0. The number of pyridine rings is 1. The number of benzene rings is 3. The minimum atomic E-state index is 0.132. The van der Waals surface area contributed by atoms with E-state index in [1.54, 1.807) is 11.9 Å². The normalized spacial score (nSPS) is 15.8. The molecule has 0 unspecified atom stereocenters. The molecule has 2 fully saturated rings. The molecule has 1 N–H and O–H groups in total. The van der Waals surface area contributed by atoms with Gasteiger partial charge in [-0.3, -0.25) is 3.97 Å². The molecule has 0 bridgehead atoms. The lowest BCUT2D eigenvalue weighted by Crippen LogP contribution is -2.36. The molecule has 4 heterocycles. The first-order chi connectivity index (χ1) is 21.3. The van der Waals surface area contributed by atoms with Crippen LogP contribution in [0.25, 0.3) is 33.4 Å². The van der Waals surface area contributed by atoms with Crippen molar-refractivity contribution in [2.45, 2.75) is 23.8 Å². The molecule has 0 amide bonds. The molecule has 2 saturated heterocycles. The summed E-state index contributed by atoms with van der Waals surface area (Å²) in [5, 5.41) is 14.4. The molecular weight excluding hydrogens is 554 g/mol. The first-order valence-corrected chi connectivity index (χ1v) is 15.6. The molecule has 7 nitrogen and oxygen atoms in total. The van der Waals surface area contributed by atoms with E-state index >= 15 is 0 Å². The quantitative estimate of drug-likeness (QED) is 0.225. The lowest BCUT2D eigenvalue weighted by molar-refractivity contribution is 0.122. The van der Waals surface area contributed by atoms with Crippen LogP contribution < -0.4 is 15.0 Å². The summed E-state index contributed by atoms with van der Waals surface area (Å²) in [5.74, 6) is 0.654. The van der Waals surface area contributed by atoms with Gasteiger partial charge in [0.15, 0.2) is 5.65 Å². The minimum absolute atomic E-state index is 0.132. The number of anilines is 1. The van der Waals surface area contributed by atoms with E-state index in [2.05, 4.69) is 80.9 Å². The maximum absolute atomic E-state index is 10.0. The fourth-order valence-corrected chi connectivity index (χ4v) is 6.83. The predicted molar refractivity (Wildman–Crippen MR) is 173 cm³/mol. The van der Waals surface area contributed by atoms with Crippen molar-refractivity contribution < 1.29 is 9.47 Å². The number of hydrogen-bond acceptors (Lipinski definition) is 7. The maximum Gasteiger partial charge on any atom is 0.151 e. The van der Waals surface area contributed by atoms with E-state index in [0.717, 1.165) is 90.5 Å². The average Bonchev–Trinajstić information content (AvgIpc) is 3.44. The highest BCUT2D eigenvalue weighted by molar-refractivity contribution is 7.98. The van der Waals surface area contributed by atoms with Crippen LogP contribution in [-0.2, 0) is 4.74 Å². The Bertz CT molecular complexity index is 1750. The van der Waals surface area contributed by atoms with Crippen molar-refractivity contribution in [1.29, 1.82) is 5.26 Å². The van der Waals surface area contributed by atoms with Crippen LogP contribution in [-0.4, -0.2) is 54.5 Å². The van der Waals surface area contributed by atoms with Gasteiger partial charge < -0.3 is 19.7 Å². The lowest BCUT2D eigenvalue weighted by Gasteiger charge is -2.28. The van der Waals surface area contributed by atoms with Crippen molar-refractivity contribution in [1.82, 2.24) is 14.3 Å². The molecule has 216 valence electrons. The van der Waals surface area contributed by atoms with Crippen molar-refractivity contribution in [3.05, 3.63) is 96.7 Å². The lowest BCUT2D eigenvalue weighted by atomic mass is 10.0. The molecule has 5 aromatic rings. The number of fused-ring (bicyclic) bond motifs is 1. The summed E-state index contributed by atoms with van der Waals surface area (Å²) in [6, 6.07) is 31.8. The molecule has 2 aromatic heterocycles. The monoisotopic (exact) mass is 587 g/mol. The van der Waals surface area contributed by atoms with Gasteiger partial charge >= 0.3 is 0 Å². The standard InChI is InChI=1S/C35H33N5O2S/c36-24-27-22-26(8-11-34(27)42-29-12-15-37-16-13-29)31-14-17-38-35-32(31)23-33(40(35)43-30-4-2-1-3-5-30)25-6-9-28(10-7-25)39-18-20-41-21-19-39/h1-11,14,17,22-23,29,37H,12-13,15-16,18-21H2. The number of morpholine rings is 1. The van der Waals surface area contributed by atoms with Gasteiger partial charge in [0.2, 0.25) is 0 Å². The molecule has 7 rings (SSSR count). The van der Waals surface area contributed by atoms with E-state index in [1.807, 2.05) is 30.5 Å². The fraction of sp³-hybridized carbons (Fsp3) is 0.257. The molecule has 0 spiro atoms. The Kier molecular flexibility index (Phi) is 8.02. The topological polar surface area (TPSA) is 75.3 Å². The van der Waals surface area contributed by atoms with Crippen LogP contribution in [0, 0.1) is 11.3 Å². The number of rotatable bonds is 7. The Morgan fingerprint density at radius 2 is 1.67 bits per heavy atom. The van der Waals surface area contributed by atoms with E-state index in [-0.39, 0.29) is 6.10 Å². The third-order valence-corrected chi connectivity index (χ3v) is 9.17. The molecule has 43 heavy (non-hydrogen) atoms. The average molecular weight is 588 g/mol. The summed E-state index contributed by atoms with van der Waals surface area (Å²) in [5.41, 5.74) is 6.84. The van der Waals surface area contributed by atoms with Crippen LogP contribution in [0.2, 0.25) is 0 Å². The minimum Gasteiger partial charge on any atom is -0.489 e. The van der Waals surface area contributed by atoms with Crippen LogP contribution in [0.1, 0.15) is 18.4 Å². The smallest absolute Gasteiger partial charge is 0.151 e. The zero-order valence-electron chi connectivity index (χ0n) is 23.9. The van der Waals surface area contributed by atoms with Crippen LogP contribution >= 0.6 is 11.9 Å². The van der Waals surface area contributed by atoms with Crippen LogP contribution in [0.4, 0.5) is 5.69 Å². The van der Waals surface area contributed by atoms with Crippen LogP contribution in [0.15, 0.2) is 96.0 Å². The Hall–Kier alpha value is -4.29. The van der Waals surface area contributed by atoms with E-state index in [0.29, 0.717) is 11.3 Å². The van der Waals surface area contributed by atoms with Crippen molar-refractivity contribution in [2.75, 3.05) is 44.3 Å². The van der Waals surface area contributed by atoms with Gasteiger partial charge in [0.1, 0.15) is 17.9 Å².